The minimum Gasteiger partial charge on any atom is -0.383 e. The normalized spacial score (nSPS) is 11.8. The molecule has 4 rings (SSSR count). The van der Waals surface area contributed by atoms with Gasteiger partial charge in [-0.1, -0.05) is 12.1 Å². The van der Waals surface area contributed by atoms with Gasteiger partial charge in [0.05, 0.1) is 29.9 Å². The zero-order valence-electron chi connectivity index (χ0n) is 16.6. The van der Waals surface area contributed by atoms with Gasteiger partial charge in [-0.2, -0.15) is 0 Å². The molecule has 4 N–H and O–H groups in total. The summed E-state index contributed by atoms with van der Waals surface area (Å²) in [5.74, 6) is 0.699. The number of benzene rings is 2. The molecule has 30 heavy (non-hydrogen) atoms. The lowest BCUT2D eigenvalue weighted by atomic mass is 10.00. The monoisotopic (exact) mass is 456 g/mol. The Morgan fingerprint density at radius 2 is 1.97 bits per heavy atom. The molecule has 0 aliphatic carbocycles. The summed E-state index contributed by atoms with van der Waals surface area (Å²) in [7, 11) is -3.76. The summed E-state index contributed by atoms with van der Waals surface area (Å²) in [6.07, 6.45) is 1.82. The number of nitrogen functional groups attached to an aromatic ring is 1. The highest BCUT2D eigenvalue weighted by Gasteiger charge is 2.25. The van der Waals surface area contributed by atoms with Crippen LogP contribution in [0.15, 0.2) is 56.5 Å². The minimum atomic E-state index is -3.76. The van der Waals surface area contributed by atoms with Crippen molar-refractivity contribution in [1.29, 1.82) is 5.41 Å². The zero-order chi connectivity index (χ0) is 21.6. The number of hydrogen-bond donors (Lipinski definition) is 3. The maximum Gasteiger partial charge on any atom is 0.208 e. The molecule has 0 atom stereocenters. The van der Waals surface area contributed by atoms with Gasteiger partial charge in [-0.05, 0) is 67.1 Å². The fraction of sp³-hybridized carbons (Fsp3) is 0.143. The number of rotatable bonds is 5. The highest BCUT2D eigenvalue weighted by Crippen LogP contribution is 2.38. The first-order chi connectivity index (χ1) is 14.2. The number of sulfone groups is 1. The number of aromatic nitrogens is 2. The fourth-order valence-electron chi connectivity index (χ4n) is 3.38. The Balaban J connectivity index is 1.84. The number of thiophene rings is 1. The van der Waals surface area contributed by atoms with Crippen molar-refractivity contribution in [3.63, 3.8) is 0 Å². The predicted molar refractivity (Wildman–Crippen MR) is 124 cm³/mol. The average molecular weight is 457 g/mol. The van der Waals surface area contributed by atoms with Crippen molar-refractivity contribution >= 4 is 49.8 Å². The molecule has 0 saturated heterocycles. The molecule has 0 spiro atoms. The highest BCUT2D eigenvalue weighted by molar-refractivity contribution is 8.01. The minimum absolute atomic E-state index is 0.135. The van der Waals surface area contributed by atoms with Gasteiger partial charge in [-0.15, -0.1) is 23.1 Å². The quantitative estimate of drug-likeness (QED) is 0.228. The second kappa shape index (κ2) is 7.57. The second-order valence-electron chi connectivity index (χ2n) is 6.92. The third kappa shape index (κ3) is 3.53. The van der Waals surface area contributed by atoms with E-state index in [1.807, 2.05) is 38.3 Å². The third-order valence-corrected chi connectivity index (χ3v) is 9.15. The van der Waals surface area contributed by atoms with Crippen LogP contribution in [0.1, 0.15) is 16.3 Å². The number of nitrogens with two attached hydrogens (primary N) is 1. The number of aromatic amines is 1. The Labute approximate surface area is 183 Å². The number of H-pyrrole nitrogens is 1. The molecule has 0 aliphatic rings. The van der Waals surface area contributed by atoms with E-state index in [-0.39, 0.29) is 15.6 Å². The topological polar surface area (TPSA) is 113 Å². The fourth-order valence-corrected chi connectivity index (χ4v) is 7.28. The predicted octanol–water partition coefficient (Wildman–Crippen LogP) is 4.75. The van der Waals surface area contributed by atoms with Gasteiger partial charge in [0.2, 0.25) is 9.84 Å². The van der Waals surface area contributed by atoms with E-state index in [9.17, 15) is 8.42 Å². The van der Waals surface area contributed by atoms with E-state index in [4.69, 9.17) is 11.1 Å². The van der Waals surface area contributed by atoms with Crippen LogP contribution in [0.3, 0.4) is 0 Å². The Bertz CT molecular complexity index is 1400. The lowest BCUT2D eigenvalue weighted by molar-refractivity contribution is 0.595. The Hall–Kier alpha value is -2.62. The van der Waals surface area contributed by atoms with E-state index in [1.165, 1.54) is 29.2 Å². The number of hydrogen-bond acceptors (Lipinski definition) is 6. The molecule has 0 fully saturated rings. The number of nitrogens with one attached hydrogen (secondary N) is 2. The Morgan fingerprint density at radius 1 is 1.20 bits per heavy atom. The van der Waals surface area contributed by atoms with Gasteiger partial charge < -0.3 is 10.7 Å². The van der Waals surface area contributed by atoms with Crippen LogP contribution in [-0.2, 0) is 9.84 Å². The first kappa shape index (κ1) is 20.6. The Kier molecular flexibility index (Phi) is 5.21. The largest absolute Gasteiger partial charge is 0.383 e. The molecule has 9 heteroatoms. The third-order valence-electron chi connectivity index (χ3n) is 4.81. The summed E-state index contributed by atoms with van der Waals surface area (Å²) in [6, 6.07) is 12.4. The van der Waals surface area contributed by atoms with Crippen molar-refractivity contribution in [1.82, 2.24) is 9.97 Å². The van der Waals surface area contributed by atoms with Crippen molar-refractivity contribution in [2.75, 3.05) is 6.26 Å². The molecule has 0 amide bonds. The van der Waals surface area contributed by atoms with Gasteiger partial charge in [0, 0.05) is 0 Å². The van der Waals surface area contributed by atoms with Gasteiger partial charge in [0.1, 0.15) is 11.7 Å². The molecule has 0 unspecified atom stereocenters. The standard InChI is InChI=1S/C21H20N4O2S3/c1-11-7-16-17(25-12(2)24-16)9-15(11)13-5-4-6-14(8-13)30(26,27)19-10-18(20(22)23)29-21(19)28-3/h4-10H,1-3H3,(H3,22,23)(H,24,25). The van der Waals surface area contributed by atoms with Gasteiger partial charge in [0.15, 0.2) is 0 Å². The lowest BCUT2D eigenvalue weighted by Gasteiger charge is -2.10. The summed E-state index contributed by atoms with van der Waals surface area (Å²) in [5.41, 5.74) is 10.1. The van der Waals surface area contributed by atoms with Crippen molar-refractivity contribution in [3.8, 4) is 11.1 Å². The number of nitrogens with zero attached hydrogens (tertiary/aromatic N) is 1. The number of fused-ring (bicyclic) bond motifs is 1. The van der Waals surface area contributed by atoms with Crippen LogP contribution in [0.4, 0.5) is 0 Å². The van der Waals surface area contributed by atoms with Gasteiger partial charge in [0.25, 0.3) is 0 Å². The van der Waals surface area contributed by atoms with Crippen LogP contribution in [-0.4, -0.2) is 30.5 Å². The number of aryl methyl sites for hydroxylation is 2. The van der Waals surface area contributed by atoms with E-state index in [0.717, 1.165) is 33.5 Å². The van der Waals surface area contributed by atoms with E-state index >= 15 is 0 Å². The first-order valence-electron chi connectivity index (χ1n) is 9.05. The van der Waals surface area contributed by atoms with Crippen molar-refractivity contribution < 1.29 is 8.42 Å². The van der Waals surface area contributed by atoms with E-state index < -0.39 is 9.84 Å². The summed E-state index contributed by atoms with van der Waals surface area (Å²) in [5, 5.41) is 7.64. The van der Waals surface area contributed by atoms with Crippen molar-refractivity contribution in [2.45, 2.75) is 27.8 Å². The van der Waals surface area contributed by atoms with Crippen molar-refractivity contribution in [3.05, 3.63) is 58.7 Å². The molecule has 154 valence electrons. The molecule has 0 saturated carbocycles. The van der Waals surface area contributed by atoms with Crippen LogP contribution >= 0.6 is 23.1 Å². The molecule has 0 radical (unpaired) electrons. The smallest absolute Gasteiger partial charge is 0.208 e. The van der Waals surface area contributed by atoms with Crippen LogP contribution in [0.5, 0.6) is 0 Å². The summed E-state index contributed by atoms with van der Waals surface area (Å²) in [4.78, 5) is 8.57. The van der Waals surface area contributed by atoms with Gasteiger partial charge in [-0.3, -0.25) is 5.41 Å². The van der Waals surface area contributed by atoms with Gasteiger partial charge in [-0.25, -0.2) is 13.4 Å². The summed E-state index contributed by atoms with van der Waals surface area (Å²) >= 11 is 2.56. The van der Waals surface area contributed by atoms with Crippen LogP contribution in [0.2, 0.25) is 0 Å². The maximum absolute atomic E-state index is 13.4. The number of thioether (sulfide) groups is 1. The molecule has 0 aliphatic heterocycles. The second-order valence-corrected chi connectivity index (χ2v) is 11.0. The summed E-state index contributed by atoms with van der Waals surface area (Å²) < 4.78 is 27.4. The summed E-state index contributed by atoms with van der Waals surface area (Å²) in [6.45, 7) is 3.90. The Morgan fingerprint density at radius 3 is 2.67 bits per heavy atom. The van der Waals surface area contributed by atoms with Crippen LogP contribution in [0, 0.1) is 19.3 Å². The average Bonchev–Trinajstić information content (AvgIpc) is 3.30. The SMILES string of the molecule is CSc1sc(C(=N)N)cc1S(=O)(=O)c1cccc(-c2cc3nc(C)[nH]c3cc2C)c1. The van der Waals surface area contributed by atoms with E-state index in [0.29, 0.717) is 9.09 Å². The lowest BCUT2D eigenvalue weighted by Crippen LogP contribution is -2.08. The first-order valence-corrected chi connectivity index (χ1v) is 12.6. The van der Waals surface area contributed by atoms with E-state index in [2.05, 4.69) is 9.97 Å². The molecule has 2 heterocycles. The molecular formula is C21H20N4O2S3. The number of imidazole rings is 1. The molecule has 6 nitrogen and oxygen atoms in total. The molecule has 4 aromatic rings. The molecule has 2 aromatic carbocycles. The molecule has 0 bridgehead atoms. The van der Waals surface area contributed by atoms with Crippen molar-refractivity contribution in [2.24, 2.45) is 5.73 Å². The van der Waals surface area contributed by atoms with E-state index in [1.54, 1.807) is 18.2 Å². The molecular weight excluding hydrogens is 436 g/mol. The number of amidine groups is 1. The highest BCUT2D eigenvalue weighted by atomic mass is 32.2. The van der Waals surface area contributed by atoms with Crippen LogP contribution in [0.25, 0.3) is 22.2 Å². The zero-order valence-corrected chi connectivity index (χ0v) is 19.1. The van der Waals surface area contributed by atoms with Crippen LogP contribution < -0.4 is 5.73 Å². The maximum atomic E-state index is 13.4. The molecule has 2 aromatic heterocycles. The van der Waals surface area contributed by atoms with Gasteiger partial charge >= 0.3 is 0 Å².